The molecule has 24 heavy (non-hydrogen) atoms. The first-order valence-corrected chi connectivity index (χ1v) is 7.17. The molecular formula is C17H13N5O2. The maximum atomic E-state index is 11.0. The third-order valence-corrected chi connectivity index (χ3v) is 3.78. The molecule has 0 saturated heterocycles. The normalized spacial score (nSPS) is 10.4. The number of aryl methyl sites for hydroxylation is 1. The number of nitro groups is 1. The maximum absolute atomic E-state index is 11.0. The van der Waals surface area contributed by atoms with Crippen LogP contribution in [-0.4, -0.2) is 21.9 Å². The van der Waals surface area contributed by atoms with Crippen LogP contribution in [0.1, 0.15) is 11.3 Å². The lowest BCUT2D eigenvalue weighted by Crippen LogP contribution is -1.97. The molecule has 118 valence electrons. The molecule has 1 aromatic carbocycles. The van der Waals surface area contributed by atoms with Crippen molar-refractivity contribution < 1.29 is 4.92 Å². The number of fused-ring (bicyclic) bond motifs is 1. The van der Waals surface area contributed by atoms with Crippen LogP contribution in [0.3, 0.4) is 0 Å². The van der Waals surface area contributed by atoms with Gasteiger partial charge in [-0.05, 0) is 24.1 Å². The third kappa shape index (κ3) is 2.61. The van der Waals surface area contributed by atoms with Gasteiger partial charge in [0.2, 0.25) is 0 Å². The number of pyridine rings is 2. The van der Waals surface area contributed by atoms with E-state index in [1.165, 1.54) is 12.1 Å². The van der Waals surface area contributed by atoms with Crippen molar-refractivity contribution in [1.29, 1.82) is 5.26 Å². The van der Waals surface area contributed by atoms with Gasteiger partial charge in [-0.2, -0.15) is 5.26 Å². The Morgan fingerprint density at radius 1 is 1.25 bits per heavy atom. The van der Waals surface area contributed by atoms with Crippen LogP contribution in [0.25, 0.3) is 22.0 Å². The number of nitrogens with one attached hydrogen (secondary N) is 1. The fourth-order valence-corrected chi connectivity index (χ4v) is 2.51. The van der Waals surface area contributed by atoms with Crippen LogP contribution in [0, 0.1) is 28.4 Å². The number of aromatic nitrogens is 2. The molecule has 0 bridgehead atoms. The van der Waals surface area contributed by atoms with E-state index in [9.17, 15) is 15.4 Å². The first-order chi connectivity index (χ1) is 11.5. The predicted octanol–water partition coefficient (Wildman–Crippen LogP) is 3.43. The van der Waals surface area contributed by atoms with Crippen LogP contribution in [0.4, 0.5) is 11.5 Å². The van der Waals surface area contributed by atoms with Crippen molar-refractivity contribution in [2.24, 2.45) is 0 Å². The fourth-order valence-electron chi connectivity index (χ4n) is 2.51. The lowest BCUT2D eigenvalue weighted by Gasteiger charge is -2.10. The van der Waals surface area contributed by atoms with E-state index in [0.29, 0.717) is 22.5 Å². The van der Waals surface area contributed by atoms with Crippen molar-refractivity contribution in [3.05, 3.63) is 57.9 Å². The Hall–Kier alpha value is -3.53. The molecule has 0 radical (unpaired) electrons. The average Bonchev–Trinajstić information content (AvgIpc) is 2.60. The van der Waals surface area contributed by atoms with Crippen molar-refractivity contribution in [2.45, 2.75) is 6.92 Å². The summed E-state index contributed by atoms with van der Waals surface area (Å²) in [5.74, 6) is 0.651. The monoisotopic (exact) mass is 319 g/mol. The molecule has 0 amide bonds. The number of hydrogen-bond acceptors (Lipinski definition) is 6. The molecule has 0 saturated carbocycles. The second kappa shape index (κ2) is 5.93. The van der Waals surface area contributed by atoms with E-state index in [1.54, 1.807) is 31.4 Å². The molecular weight excluding hydrogens is 306 g/mol. The first-order valence-electron chi connectivity index (χ1n) is 7.17. The number of nitro benzene ring substituents is 1. The van der Waals surface area contributed by atoms with Crippen LogP contribution in [0.2, 0.25) is 0 Å². The van der Waals surface area contributed by atoms with Gasteiger partial charge in [0.25, 0.3) is 5.69 Å². The Balaban J connectivity index is 2.28. The van der Waals surface area contributed by atoms with Gasteiger partial charge in [0.1, 0.15) is 17.6 Å². The molecule has 0 spiro atoms. The molecule has 2 heterocycles. The van der Waals surface area contributed by atoms with Gasteiger partial charge < -0.3 is 5.32 Å². The van der Waals surface area contributed by atoms with Crippen LogP contribution in [0.15, 0.2) is 36.5 Å². The van der Waals surface area contributed by atoms with E-state index in [0.717, 1.165) is 10.9 Å². The van der Waals surface area contributed by atoms with E-state index < -0.39 is 4.92 Å². The Morgan fingerprint density at radius 2 is 2.04 bits per heavy atom. The van der Waals surface area contributed by atoms with Gasteiger partial charge in [0.15, 0.2) is 0 Å². The highest BCUT2D eigenvalue weighted by Gasteiger charge is 2.15. The lowest BCUT2D eigenvalue weighted by atomic mass is 9.97. The largest absolute Gasteiger partial charge is 0.373 e. The summed E-state index contributed by atoms with van der Waals surface area (Å²) in [6, 6.07) is 10.2. The zero-order valence-corrected chi connectivity index (χ0v) is 13.1. The Bertz CT molecular complexity index is 1010. The summed E-state index contributed by atoms with van der Waals surface area (Å²) in [6.07, 6.45) is 1.66. The van der Waals surface area contributed by atoms with Crippen LogP contribution < -0.4 is 5.32 Å². The second-order valence-electron chi connectivity index (χ2n) is 5.26. The first kappa shape index (κ1) is 15.4. The molecule has 0 aliphatic heterocycles. The molecule has 0 unspecified atom stereocenters. The SMILES string of the molecule is CNc1cc2nc(C#N)c(-c3cc([N+](=O)[O-])ccc3C)cc2cn1. The van der Waals surface area contributed by atoms with Crippen molar-refractivity contribution in [3.63, 3.8) is 0 Å². The number of benzene rings is 1. The minimum atomic E-state index is -0.454. The number of rotatable bonds is 3. The average molecular weight is 319 g/mol. The molecule has 3 aromatic rings. The highest BCUT2D eigenvalue weighted by Crippen LogP contribution is 2.31. The predicted molar refractivity (Wildman–Crippen MR) is 90.6 cm³/mol. The molecule has 7 heteroatoms. The molecule has 7 nitrogen and oxygen atoms in total. The number of hydrogen-bond donors (Lipinski definition) is 1. The molecule has 0 aliphatic rings. The molecule has 0 fully saturated rings. The van der Waals surface area contributed by atoms with Crippen LogP contribution in [0.5, 0.6) is 0 Å². The number of anilines is 1. The highest BCUT2D eigenvalue weighted by molar-refractivity contribution is 5.87. The molecule has 0 atom stereocenters. The van der Waals surface area contributed by atoms with Gasteiger partial charge in [-0.15, -0.1) is 0 Å². The van der Waals surface area contributed by atoms with E-state index in [4.69, 9.17) is 0 Å². The topological polar surface area (TPSA) is 105 Å². The van der Waals surface area contributed by atoms with Gasteiger partial charge in [0.05, 0.1) is 10.4 Å². The lowest BCUT2D eigenvalue weighted by molar-refractivity contribution is -0.384. The van der Waals surface area contributed by atoms with Crippen molar-refractivity contribution in [1.82, 2.24) is 9.97 Å². The molecule has 0 aliphatic carbocycles. The third-order valence-electron chi connectivity index (χ3n) is 3.78. The summed E-state index contributed by atoms with van der Waals surface area (Å²) in [5.41, 5.74) is 2.84. The minimum absolute atomic E-state index is 0.0248. The second-order valence-corrected chi connectivity index (χ2v) is 5.26. The summed E-state index contributed by atoms with van der Waals surface area (Å²) in [4.78, 5) is 19.2. The van der Waals surface area contributed by atoms with E-state index in [1.807, 2.05) is 6.92 Å². The van der Waals surface area contributed by atoms with Gasteiger partial charge in [-0.25, -0.2) is 9.97 Å². The van der Waals surface area contributed by atoms with Crippen LogP contribution >= 0.6 is 0 Å². The highest BCUT2D eigenvalue weighted by atomic mass is 16.6. The Morgan fingerprint density at radius 3 is 2.71 bits per heavy atom. The Kier molecular flexibility index (Phi) is 3.80. The summed E-state index contributed by atoms with van der Waals surface area (Å²) in [7, 11) is 1.75. The molecule has 2 aromatic heterocycles. The zero-order valence-electron chi connectivity index (χ0n) is 13.1. The van der Waals surface area contributed by atoms with Gasteiger partial charge in [-0.3, -0.25) is 10.1 Å². The van der Waals surface area contributed by atoms with Gasteiger partial charge in [-0.1, -0.05) is 6.07 Å². The summed E-state index contributed by atoms with van der Waals surface area (Å²) in [5, 5.41) is 24.2. The van der Waals surface area contributed by atoms with Crippen molar-refractivity contribution in [3.8, 4) is 17.2 Å². The van der Waals surface area contributed by atoms with E-state index >= 15 is 0 Å². The number of nitriles is 1. The van der Waals surface area contributed by atoms with Crippen LogP contribution in [-0.2, 0) is 0 Å². The summed E-state index contributed by atoms with van der Waals surface area (Å²) < 4.78 is 0. The standard InChI is InChI=1S/C17H13N5O2/c1-10-3-4-12(22(23)24)6-13(10)14-5-11-9-20-17(19-2)7-15(11)21-16(14)8-18/h3-7,9H,1-2H3,(H,19,20). The van der Waals surface area contributed by atoms with Crippen molar-refractivity contribution in [2.75, 3.05) is 12.4 Å². The minimum Gasteiger partial charge on any atom is -0.373 e. The van der Waals surface area contributed by atoms with Crippen molar-refractivity contribution >= 4 is 22.4 Å². The van der Waals surface area contributed by atoms with Gasteiger partial charge in [0, 0.05) is 42.4 Å². The van der Waals surface area contributed by atoms with Gasteiger partial charge >= 0.3 is 0 Å². The number of non-ortho nitro benzene ring substituents is 1. The van der Waals surface area contributed by atoms with E-state index in [-0.39, 0.29) is 11.4 Å². The summed E-state index contributed by atoms with van der Waals surface area (Å²) in [6.45, 7) is 1.84. The fraction of sp³-hybridized carbons (Fsp3) is 0.118. The smallest absolute Gasteiger partial charge is 0.270 e. The molecule has 1 N–H and O–H groups in total. The zero-order chi connectivity index (χ0) is 17.3. The quantitative estimate of drug-likeness (QED) is 0.585. The maximum Gasteiger partial charge on any atom is 0.270 e. The number of nitrogens with zero attached hydrogens (tertiary/aromatic N) is 4. The van der Waals surface area contributed by atoms with E-state index in [2.05, 4.69) is 21.4 Å². The molecule has 3 rings (SSSR count). The Labute approximate surface area is 137 Å². The summed E-state index contributed by atoms with van der Waals surface area (Å²) >= 11 is 0.